The van der Waals surface area contributed by atoms with E-state index < -0.39 is 0 Å². The van der Waals surface area contributed by atoms with Gasteiger partial charge in [0, 0.05) is 27.3 Å². The minimum Gasteiger partial charge on any atom is -0.326 e. The van der Waals surface area contributed by atoms with E-state index in [0.29, 0.717) is 27.0 Å². The molecule has 0 aliphatic rings. The zero-order valence-corrected chi connectivity index (χ0v) is 14.9. The van der Waals surface area contributed by atoms with Crippen molar-refractivity contribution in [1.29, 1.82) is 0 Å². The van der Waals surface area contributed by atoms with Gasteiger partial charge in [0.2, 0.25) is 11.8 Å². The molecule has 2 amide bonds. The summed E-state index contributed by atoms with van der Waals surface area (Å²) >= 11 is 12.1. The van der Waals surface area contributed by atoms with Gasteiger partial charge in [-0.15, -0.1) is 0 Å². The molecule has 0 spiro atoms. The molecule has 0 aliphatic heterocycles. The molecule has 0 radical (unpaired) electrons. The van der Waals surface area contributed by atoms with Crippen molar-refractivity contribution in [3.63, 3.8) is 0 Å². The van der Waals surface area contributed by atoms with Crippen molar-refractivity contribution < 1.29 is 9.59 Å². The van der Waals surface area contributed by atoms with Gasteiger partial charge in [-0.3, -0.25) is 9.59 Å². The summed E-state index contributed by atoms with van der Waals surface area (Å²) in [7, 11) is 0. The van der Waals surface area contributed by atoms with Crippen molar-refractivity contribution in [2.75, 3.05) is 10.6 Å². The molecule has 0 fully saturated rings. The maximum Gasteiger partial charge on any atom is 0.228 e. The van der Waals surface area contributed by atoms with E-state index in [1.807, 2.05) is 13.8 Å². The lowest BCUT2D eigenvalue weighted by Gasteiger charge is -2.10. The van der Waals surface area contributed by atoms with Gasteiger partial charge in [-0.05, 0) is 42.0 Å². The number of halogens is 2. The summed E-state index contributed by atoms with van der Waals surface area (Å²) < 4.78 is 0. The van der Waals surface area contributed by atoms with Gasteiger partial charge in [0.1, 0.15) is 0 Å². The van der Waals surface area contributed by atoms with E-state index >= 15 is 0 Å². The maximum absolute atomic E-state index is 12.1. The van der Waals surface area contributed by atoms with Gasteiger partial charge in [0.15, 0.2) is 0 Å². The quantitative estimate of drug-likeness (QED) is 0.802. The van der Waals surface area contributed by atoms with Crippen LogP contribution in [0.1, 0.15) is 19.4 Å². The fraction of sp³-hybridized carbons (Fsp3) is 0.222. The Bertz CT molecular complexity index is 723. The van der Waals surface area contributed by atoms with Crippen LogP contribution in [0.5, 0.6) is 0 Å². The highest BCUT2D eigenvalue weighted by molar-refractivity contribution is 6.36. The average molecular weight is 365 g/mol. The molecule has 2 aromatic rings. The Balaban J connectivity index is 1.98. The number of nitrogens with one attached hydrogen (secondary N) is 2. The number of carbonyl (C=O) groups excluding carboxylic acids is 2. The topological polar surface area (TPSA) is 58.2 Å². The smallest absolute Gasteiger partial charge is 0.228 e. The third-order valence-electron chi connectivity index (χ3n) is 3.36. The average Bonchev–Trinajstić information content (AvgIpc) is 2.53. The first-order chi connectivity index (χ1) is 11.4. The minimum absolute atomic E-state index is 0.0554. The summed E-state index contributed by atoms with van der Waals surface area (Å²) in [5.41, 5.74) is 1.91. The van der Waals surface area contributed by atoms with Crippen molar-refractivity contribution in [1.82, 2.24) is 0 Å². The zero-order valence-electron chi connectivity index (χ0n) is 13.4. The predicted molar refractivity (Wildman–Crippen MR) is 98.7 cm³/mol. The second kappa shape index (κ2) is 8.18. The van der Waals surface area contributed by atoms with Crippen molar-refractivity contribution in [2.24, 2.45) is 5.92 Å². The van der Waals surface area contributed by atoms with Gasteiger partial charge in [0.25, 0.3) is 0 Å². The monoisotopic (exact) mass is 364 g/mol. The second-order valence-electron chi connectivity index (χ2n) is 5.65. The van der Waals surface area contributed by atoms with Gasteiger partial charge in [0.05, 0.1) is 6.42 Å². The van der Waals surface area contributed by atoms with E-state index in [0.717, 1.165) is 0 Å². The first-order valence-electron chi connectivity index (χ1n) is 7.50. The van der Waals surface area contributed by atoms with E-state index in [9.17, 15) is 9.59 Å². The maximum atomic E-state index is 12.1. The standard InChI is InChI=1S/C18H18Cl2N2O2/c1-11(2)18(24)22-13-8-6-12(7-9-13)21-17(23)10-14-15(19)4-3-5-16(14)20/h3-9,11H,10H2,1-2H3,(H,21,23)(H,22,24). The summed E-state index contributed by atoms with van der Waals surface area (Å²) in [6, 6.07) is 12.0. The van der Waals surface area contributed by atoms with Gasteiger partial charge >= 0.3 is 0 Å². The molecule has 0 aromatic heterocycles. The number of hydrogen-bond acceptors (Lipinski definition) is 2. The van der Waals surface area contributed by atoms with Crippen molar-refractivity contribution in [2.45, 2.75) is 20.3 Å². The lowest BCUT2D eigenvalue weighted by Crippen LogP contribution is -2.18. The normalized spacial score (nSPS) is 10.5. The molecular formula is C18H18Cl2N2O2. The Morgan fingerprint density at radius 3 is 1.92 bits per heavy atom. The molecule has 2 aromatic carbocycles. The van der Waals surface area contributed by atoms with Crippen LogP contribution in [0.15, 0.2) is 42.5 Å². The summed E-state index contributed by atoms with van der Waals surface area (Å²) in [5.74, 6) is -0.367. The molecule has 2 N–H and O–H groups in total. The van der Waals surface area contributed by atoms with Crippen molar-refractivity contribution >= 4 is 46.4 Å². The predicted octanol–water partition coefficient (Wildman–Crippen LogP) is 4.77. The number of rotatable bonds is 5. The molecule has 0 saturated heterocycles. The Hall–Kier alpha value is -2.04. The highest BCUT2D eigenvalue weighted by atomic mass is 35.5. The Morgan fingerprint density at radius 2 is 1.42 bits per heavy atom. The first-order valence-corrected chi connectivity index (χ1v) is 8.26. The molecule has 6 heteroatoms. The zero-order chi connectivity index (χ0) is 17.7. The SMILES string of the molecule is CC(C)C(=O)Nc1ccc(NC(=O)Cc2c(Cl)cccc2Cl)cc1. The third kappa shape index (κ3) is 4.98. The summed E-state index contributed by atoms with van der Waals surface area (Å²) in [5, 5.41) is 6.49. The molecule has 0 aliphatic carbocycles. The van der Waals surface area contributed by atoms with Crippen LogP contribution in [-0.2, 0) is 16.0 Å². The molecule has 126 valence electrons. The van der Waals surface area contributed by atoms with E-state index in [1.165, 1.54) is 0 Å². The molecule has 0 atom stereocenters. The van der Waals surface area contributed by atoms with Crippen LogP contribution < -0.4 is 10.6 Å². The highest BCUT2D eigenvalue weighted by Gasteiger charge is 2.11. The van der Waals surface area contributed by atoms with Gasteiger partial charge in [-0.1, -0.05) is 43.1 Å². The number of carbonyl (C=O) groups is 2. The summed E-state index contributed by atoms with van der Waals surface area (Å²) in [4.78, 5) is 23.8. The molecule has 2 rings (SSSR count). The lowest BCUT2D eigenvalue weighted by molar-refractivity contribution is -0.119. The third-order valence-corrected chi connectivity index (χ3v) is 4.07. The van der Waals surface area contributed by atoms with Gasteiger partial charge in [-0.25, -0.2) is 0 Å². The highest BCUT2D eigenvalue weighted by Crippen LogP contribution is 2.25. The summed E-state index contributed by atoms with van der Waals surface area (Å²) in [6.45, 7) is 3.65. The van der Waals surface area contributed by atoms with E-state index in [2.05, 4.69) is 10.6 Å². The second-order valence-corrected chi connectivity index (χ2v) is 6.46. The Labute approximate surface area is 151 Å². The van der Waals surface area contributed by atoms with Crippen LogP contribution in [0, 0.1) is 5.92 Å². The van der Waals surface area contributed by atoms with Crippen LogP contribution >= 0.6 is 23.2 Å². The molecule has 4 nitrogen and oxygen atoms in total. The number of amides is 2. The van der Waals surface area contributed by atoms with Gasteiger partial charge in [-0.2, -0.15) is 0 Å². The number of hydrogen-bond donors (Lipinski definition) is 2. The van der Waals surface area contributed by atoms with E-state index in [-0.39, 0.29) is 24.2 Å². The summed E-state index contributed by atoms with van der Waals surface area (Å²) in [6.07, 6.45) is 0.0876. The molecule has 0 bridgehead atoms. The molecule has 0 unspecified atom stereocenters. The van der Waals surface area contributed by atoms with Crippen LogP contribution in [-0.4, -0.2) is 11.8 Å². The Morgan fingerprint density at radius 1 is 0.917 bits per heavy atom. The molecule has 0 heterocycles. The van der Waals surface area contributed by atoms with E-state index in [4.69, 9.17) is 23.2 Å². The first kappa shape index (κ1) is 18.3. The molecule has 0 saturated carbocycles. The minimum atomic E-state index is -0.219. The largest absolute Gasteiger partial charge is 0.326 e. The Kier molecular flexibility index (Phi) is 6.23. The van der Waals surface area contributed by atoms with Crippen LogP contribution in [0.3, 0.4) is 0 Å². The van der Waals surface area contributed by atoms with Crippen molar-refractivity contribution in [3.8, 4) is 0 Å². The number of benzene rings is 2. The number of anilines is 2. The van der Waals surface area contributed by atoms with Crippen LogP contribution in [0.25, 0.3) is 0 Å². The van der Waals surface area contributed by atoms with Gasteiger partial charge < -0.3 is 10.6 Å². The fourth-order valence-electron chi connectivity index (χ4n) is 1.99. The van der Waals surface area contributed by atoms with Crippen molar-refractivity contribution in [3.05, 3.63) is 58.1 Å². The van der Waals surface area contributed by atoms with E-state index in [1.54, 1.807) is 42.5 Å². The van der Waals surface area contributed by atoms with Crippen LogP contribution in [0.4, 0.5) is 11.4 Å². The molecular weight excluding hydrogens is 347 g/mol. The lowest BCUT2D eigenvalue weighted by atomic mass is 10.1. The fourth-order valence-corrected chi connectivity index (χ4v) is 2.52. The molecule has 24 heavy (non-hydrogen) atoms. The van der Waals surface area contributed by atoms with Crippen LogP contribution in [0.2, 0.25) is 10.0 Å².